The predicted molar refractivity (Wildman–Crippen MR) is 77.2 cm³/mol. The minimum Gasteiger partial charge on any atom is -0.307 e. The monoisotopic (exact) mass is 271 g/mol. The van der Waals surface area contributed by atoms with E-state index in [9.17, 15) is 0 Å². The molecule has 4 heteroatoms. The van der Waals surface area contributed by atoms with Crippen molar-refractivity contribution in [3.05, 3.63) is 71.1 Å². The lowest BCUT2D eigenvalue weighted by Crippen LogP contribution is -2.12. The van der Waals surface area contributed by atoms with Crippen LogP contribution in [0.4, 0.5) is 0 Å². The zero-order valence-corrected chi connectivity index (χ0v) is 11.1. The molecule has 0 atom stereocenters. The maximum Gasteiger partial charge on any atom is 0.137 e. The Hall–Kier alpha value is -1.84. The van der Waals surface area contributed by atoms with Gasteiger partial charge in [-0.3, -0.25) is 0 Å². The van der Waals surface area contributed by atoms with Crippen LogP contribution in [0.2, 0.25) is 5.02 Å². The first-order valence-corrected chi connectivity index (χ1v) is 6.57. The SMILES string of the molecule is Clc1cccc(CNCc2cn3ccccc3n2)c1. The Morgan fingerprint density at radius 1 is 1.11 bits per heavy atom. The molecule has 3 rings (SSSR count). The van der Waals surface area contributed by atoms with Crippen LogP contribution in [0.3, 0.4) is 0 Å². The number of nitrogens with one attached hydrogen (secondary N) is 1. The fraction of sp³-hybridized carbons (Fsp3) is 0.133. The average Bonchev–Trinajstić information content (AvgIpc) is 2.81. The molecule has 3 nitrogen and oxygen atoms in total. The molecule has 2 aromatic heterocycles. The van der Waals surface area contributed by atoms with Crippen LogP contribution in [0, 0.1) is 0 Å². The molecule has 96 valence electrons. The van der Waals surface area contributed by atoms with Crippen LogP contribution in [-0.4, -0.2) is 9.38 Å². The first kappa shape index (κ1) is 12.2. The fourth-order valence-corrected chi connectivity index (χ4v) is 2.27. The molecule has 0 spiro atoms. The summed E-state index contributed by atoms with van der Waals surface area (Å²) in [5, 5.41) is 4.14. The van der Waals surface area contributed by atoms with Gasteiger partial charge in [0.25, 0.3) is 0 Å². The average molecular weight is 272 g/mol. The first-order chi connectivity index (χ1) is 9.31. The highest BCUT2D eigenvalue weighted by atomic mass is 35.5. The highest BCUT2D eigenvalue weighted by Gasteiger charge is 2.00. The number of aromatic nitrogens is 2. The van der Waals surface area contributed by atoms with Crippen molar-refractivity contribution in [2.75, 3.05) is 0 Å². The van der Waals surface area contributed by atoms with Gasteiger partial charge in [0.15, 0.2) is 0 Å². The van der Waals surface area contributed by atoms with Crippen LogP contribution >= 0.6 is 11.6 Å². The predicted octanol–water partition coefficient (Wildman–Crippen LogP) is 3.28. The third-order valence-electron chi connectivity index (χ3n) is 2.94. The second-order valence-electron chi connectivity index (χ2n) is 4.43. The van der Waals surface area contributed by atoms with E-state index < -0.39 is 0 Å². The molecule has 1 aromatic carbocycles. The summed E-state index contributed by atoms with van der Waals surface area (Å²) >= 11 is 5.95. The Labute approximate surface area is 116 Å². The zero-order valence-electron chi connectivity index (χ0n) is 10.4. The van der Waals surface area contributed by atoms with Gasteiger partial charge in [0, 0.05) is 30.5 Å². The molecule has 0 bridgehead atoms. The van der Waals surface area contributed by atoms with Gasteiger partial charge in [0.05, 0.1) is 5.69 Å². The summed E-state index contributed by atoms with van der Waals surface area (Å²) in [7, 11) is 0. The van der Waals surface area contributed by atoms with Crippen LogP contribution in [0.15, 0.2) is 54.9 Å². The number of hydrogen-bond donors (Lipinski definition) is 1. The lowest BCUT2D eigenvalue weighted by Gasteiger charge is -2.03. The molecule has 19 heavy (non-hydrogen) atoms. The number of rotatable bonds is 4. The number of benzene rings is 1. The molecule has 0 unspecified atom stereocenters. The minimum atomic E-state index is 0.744. The summed E-state index contributed by atoms with van der Waals surface area (Å²) in [6.07, 6.45) is 4.04. The minimum absolute atomic E-state index is 0.744. The molecular weight excluding hydrogens is 258 g/mol. The number of fused-ring (bicyclic) bond motifs is 1. The molecule has 0 aliphatic heterocycles. The van der Waals surface area contributed by atoms with E-state index in [-0.39, 0.29) is 0 Å². The number of nitrogens with zero attached hydrogens (tertiary/aromatic N) is 2. The zero-order chi connectivity index (χ0) is 13.1. The van der Waals surface area contributed by atoms with Crippen LogP contribution < -0.4 is 5.32 Å². The number of hydrogen-bond acceptors (Lipinski definition) is 2. The molecule has 0 aliphatic rings. The Kier molecular flexibility index (Phi) is 3.49. The van der Waals surface area contributed by atoms with Gasteiger partial charge < -0.3 is 9.72 Å². The summed E-state index contributed by atoms with van der Waals surface area (Å²) in [4.78, 5) is 4.54. The molecule has 2 heterocycles. The number of halogens is 1. The van der Waals surface area contributed by atoms with Gasteiger partial charge in [-0.1, -0.05) is 29.8 Å². The molecule has 0 saturated heterocycles. The van der Waals surface area contributed by atoms with Crippen molar-refractivity contribution in [2.45, 2.75) is 13.1 Å². The van der Waals surface area contributed by atoms with Gasteiger partial charge in [0.2, 0.25) is 0 Å². The van der Waals surface area contributed by atoms with E-state index >= 15 is 0 Å². The summed E-state index contributed by atoms with van der Waals surface area (Å²) in [6.45, 7) is 1.53. The van der Waals surface area contributed by atoms with Gasteiger partial charge in [-0.25, -0.2) is 4.98 Å². The van der Waals surface area contributed by atoms with Crippen molar-refractivity contribution in [3.8, 4) is 0 Å². The third kappa shape index (κ3) is 2.95. The van der Waals surface area contributed by atoms with Gasteiger partial charge in [0.1, 0.15) is 5.65 Å². The van der Waals surface area contributed by atoms with Crippen molar-refractivity contribution in [1.82, 2.24) is 14.7 Å². The van der Waals surface area contributed by atoms with E-state index in [1.54, 1.807) is 0 Å². The quantitative estimate of drug-likeness (QED) is 0.789. The molecular formula is C15H14ClN3. The second kappa shape index (κ2) is 5.43. The van der Waals surface area contributed by atoms with Gasteiger partial charge in [-0.2, -0.15) is 0 Å². The van der Waals surface area contributed by atoms with Crippen molar-refractivity contribution < 1.29 is 0 Å². The Morgan fingerprint density at radius 3 is 2.89 bits per heavy atom. The molecule has 0 amide bonds. The molecule has 1 N–H and O–H groups in total. The molecule has 0 fully saturated rings. The maximum atomic E-state index is 5.95. The summed E-state index contributed by atoms with van der Waals surface area (Å²) in [5.74, 6) is 0. The normalized spacial score (nSPS) is 11.0. The van der Waals surface area contributed by atoms with Crippen LogP contribution in [0.25, 0.3) is 5.65 Å². The number of imidazole rings is 1. The highest BCUT2D eigenvalue weighted by Crippen LogP contribution is 2.10. The summed E-state index contributed by atoms with van der Waals surface area (Å²) in [6, 6.07) is 13.9. The van der Waals surface area contributed by atoms with Crippen LogP contribution in [0.1, 0.15) is 11.3 Å². The second-order valence-corrected chi connectivity index (χ2v) is 4.87. The Bertz CT molecular complexity index is 657. The van der Waals surface area contributed by atoms with Crippen molar-refractivity contribution >= 4 is 17.2 Å². The van der Waals surface area contributed by atoms with Crippen molar-refractivity contribution in [1.29, 1.82) is 0 Å². The molecule has 0 radical (unpaired) electrons. The topological polar surface area (TPSA) is 29.3 Å². The highest BCUT2D eigenvalue weighted by molar-refractivity contribution is 6.30. The van der Waals surface area contributed by atoms with E-state index in [0.717, 1.165) is 29.5 Å². The van der Waals surface area contributed by atoms with Crippen molar-refractivity contribution in [3.63, 3.8) is 0 Å². The van der Waals surface area contributed by atoms with Crippen molar-refractivity contribution in [2.24, 2.45) is 0 Å². The van der Waals surface area contributed by atoms with Gasteiger partial charge in [-0.05, 0) is 29.8 Å². The standard InChI is InChI=1S/C15H14ClN3/c16-13-5-3-4-12(8-13)9-17-10-14-11-19-7-2-1-6-15(19)18-14/h1-8,11,17H,9-10H2. The van der Waals surface area contributed by atoms with E-state index in [1.165, 1.54) is 5.56 Å². The smallest absolute Gasteiger partial charge is 0.137 e. The van der Waals surface area contributed by atoms with Crippen LogP contribution in [0.5, 0.6) is 0 Å². The van der Waals surface area contributed by atoms with E-state index in [4.69, 9.17) is 11.6 Å². The summed E-state index contributed by atoms with van der Waals surface area (Å²) in [5.41, 5.74) is 3.19. The van der Waals surface area contributed by atoms with E-state index in [1.807, 2.05) is 53.2 Å². The first-order valence-electron chi connectivity index (χ1n) is 6.19. The molecule has 3 aromatic rings. The fourth-order valence-electron chi connectivity index (χ4n) is 2.05. The lowest BCUT2D eigenvalue weighted by atomic mass is 10.2. The Morgan fingerprint density at radius 2 is 2.05 bits per heavy atom. The summed E-state index contributed by atoms with van der Waals surface area (Å²) < 4.78 is 2.02. The molecule has 0 aliphatic carbocycles. The largest absolute Gasteiger partial charge is 0.307 e. The lowest BCUT2D eigenvalue weighted by molar-refractivity contribution is 0.683. The van der Waals surface area contributed by atoms with Gasteiger partial charge >= 0.3 is 0 Å². The molecule has 0 saturated carbocycles. The Balaban J connectivity index is 1.63. The number of pyridine rings is 1. The van der Waals surface area contributed by atoms with Gasteiger partial charge in [-0.15, -0.1) is 0 Å². The van der Waals surface area contributed by atoms with E-state index in [2.05, 4.69) is 16.4 Å². The van der Waals surface area contributed by atoms with E-state index in [0.29, 0.717) is 0 Å². The third-order valence-corrected chi connectivity index (χ3v) is 3.17. The maximum absolute atomic E-state index is 5.95. The van der Waals surface area contributed by atoms with Crippen LogP contribution in [-0.2, 0) is 13.1 Å².